The van der Waals surface area contributed by atoms with E-state index in [9.17, 15) is 0 Å². The summed E-state index contributed by atoms with van der Waals surface area (Å²) in [5.74, 6) is 4.47. The van der Waals surface area contributed by atoms with Gasteiger partial charge in [-0.2, -0.15) is 0 Å². The Bertz CT molecular complexity index is 451. The molecule has 4 aliphatic carbocycles. The summed E-state index contributed by atoms with van der Waals surface area (Å²) in [6.07, 6.45) is 7.23. The normalized spacial score (nSPS) is 41.7. The van der Waals surface area contributed by atoms with E-state index >= 15 is 0 Å². The van der Waals surface area contributed by atoms with Crippen LogP contribution in [-0.4, -0.2) is 0 Å². The van der Waals surface area contributed by atoms with Crippen molar-refractivity contribution in [3.05, 3.63) is 19.8 Å². The third-order valence-corrected chi connectivity index (χ3v) is 8.79. The first-order valence-corrected chi connectivity index (χ1v) is 9.63. The Morgan fingerprint density at radius 1 is 1.11 bits per heavy atom. The molecule has 19 heavy (non-hydrogen) atoms. The molecule has 0 nitrogen and oxygen atoms in total. The van der Waals surface area contributed by atoms with E-state index in [4.69, 9.17) is 23.2 Å². The van der Waals surface area contributed by atoms with Gasteiger partial charge in [-0.05, 0) is 83.7 Å². The average molecular weight is 380 g/mol. The molecule has 0 radical (unpaired) electrons. The van der Waals surface area contributed by atoms with E-state index in [0.717, 1.165) is 32.5 Å². The van der Waals surface area contributed by atoms with Crippen molar-refractivity contribution in [3.8, 4) is 0 Å². The minimum atomic E-state index is 0.170. The van der Waals surface area contributed by atoms with Crippen molar-refractivity contribution in [2.24, 2.45) is 29.6 Å². The Morgan fingerprint density at radius 3 is 2.16 bits per heavy atom. The van der Waals surface area contributed by atoms with Crippen molar-refractivity contribution in [1.82, 2.24) is 0 Å². The van der Waals surface area contributed by atoms with Gasteiger partial charge in [-0.15, -0.1) is 22.9 Å². The van der Waals surface area contributed by atoms with Gasteiger partial charge in [0.2, 0.25) is 0 Å². The van der Waals surface area contributed by atoms with Crippen LogP contribution in [0.25, 0.3) is 0 Å². The van der Waals surface area contributed by atoms with Gasteiger partial charge in [0.15, 0.2) is 0 Å². The Labute approximate surface area is 137 Å². The van der Waals surface area contributed by atoms with Gasteiger partial charge in [0, 0.05) is 4.88 Å². The van der Waals surface area contributed by atoms with Gasteiger partial charge in [0.25, 0.3) is 0 Å². The van der Waals surface area contributed by atoms with Crippen LogP contribution in [0.15, 0.2) is 9.85 Å². The minimum absolute atomic E-state index is 0.170. The highest BCUT2D eigenvalue weighted by atomic mass is 79.9. The van der Waals surface area contributed by atoms with Crippen molar-refractivity contribution in [2.75, 3.05) is 0 Å². The Kier molecular flexibility index (Phi) is 3.46. The molecule has 104 valence electrons. The highest BCUT2D eigenvalue weighted by molar-refractivity contribution is 9.11. The molecule has 4 aliphatic rings. The summed E-state index contributed by atoms with van der Waals surface area (Å²) in [6.45, 7) is 0. The maximum atomic E-state index is 6.87. The van der Waals surface area contributed by atoms with Gasteiger partial charge >= 0.3 is 0 Å². The quantitative estimate of drug-likeness (QED) is 0.513. The molecule has 1 heterocycles. The van der Waals surface area contributed by atoms with Crippen LogP contribution < -0.4 is 0 Å². The number of rotatable bonds is 2. The number of hydrogen-bond acceptors (Lipinski definition) is 1. The average Bonchev–Trinajstić information content (AvgIpc) is 2.68. The molecular weight excluding hydrogens is 363 g/mol. The molecule has 0 amide bonds. The van der Waals surface area contributed by atoms with E-state index < -0.39 is 0 Å². The molecule has 0 aliphatic heterocycles. The Morgan fingerprint density at radius 2 is 1.68 bits per heavy atom. The minimum Gasteiger partial charge on any atom is -0.130 e. The highest BCUT2D eigenvalue weighted by Crippen LogP contribution is 2.61. The lowest BCUT2D eigenvalue weighted by atomic mass is 9.51. The molecule has 0 aromatic carbocycles. The Hall–Kier alpha value is 0.760. The molecule has 0 saturated heterocycles. The molecule has 1 aromatic rings. The van der Waals surface area contributed by atoms with E-state index in [2.05, 4.69) is 22.0 Å². The van der Waals surface area contributed by atoms with Gasteiger partial charge in [-0.3, -0.25) is 0 Å². The predicted octanol–water partition coefficient (Wildman–Crippen LogP) is 6.52. The smallest absolute Gasteiger partial charge is 0.0887 e. The van der Waals surface area contributed by atoms with E-state index in [1.807, 2.05) is 0 Å². The van der Waals surface area contributed by atoms with Crippen molar-refractivity contribution >= 4 is 50.5 Å². The second-order valence-electron chi connectivity index (χ2n) is 6.68. The predicted molar refractivity (Wildman–Crippen MR) is 86.2 cm³/mol. The van der Waals surface area contributed by atoms with Crippen molar-refractivity contribution in [3.63, 3.8) is 0 Å². The van der Waals surface area contributed by atoms with Crippen LogP contribution in [0.1, 0.15) is 42.4 Å². The number of hydrogen-bond donors (Lipinski definition) is 0. The molecule has 4 fully saturated rings. The van der Waals surface area contributed by atoms with Gasteiger partial charge in [-0.1, -0.05) is 11.6 Å². The molecule has 0 N–H and O–H groups in total. The van der Waals surface area contributed by atoms with Gasteiger partial charge in [-0.25, -0.2) is 0 Å². The Balaban J connectivity index is 1.61. The summed E-state index contributed by atoms with van der Waals surface area (Å²) < 4.78 is 1.03. The molecular formula is C15H17BrCl2S. The maximum Gasteiger partial charge on any atom is 0.0887 e. The molecule has 1 unspecified atom stereocenters. The van der Waals surface area contributed by atoms with Gasteiger partial charge < -0.3 is 0 Å². The van der Waals surface area contributed by atoms with Crippen LogP contribution in [0, 0.1) is 29.6 Å². The van der Waals surface area contributed by atoms with Crippen LogP contribution in [-0.2, 0) is 0 Å². The lowest BCUT2D eigenvalue weighted by Crippen LogP contribution is -2.46. The number of thiophene rings is 1. The molecule has 5 rings (SSSR count). The monoisotopic (exact) mass is 378 g/mol. The molecule has 1 aromatic heterocycles. The zero-order valence-electron chi connectivity index (χ0n) is 10.6. The largest absolute Gasteiger partial charge is 0.130 e. The van der Waals surface area contributed by atoms with Crippen molar-refractivity contribution in [1.29, 1.82) is 0 Å². The van der Waals surface area contributed by atoms with Crippen LogP contribution in [0.4, 0.5) is 0 Å². The lowest BCUT2D eigenvalue weighted by molar-refractivity contribution is -0.0378. The maximum absolute atomic E-state index is 6.87. The van der Waals surface area contributed by atoms with Gasteiger partial charge in [0.05, 0.1) is 14.2 Å². The first-order chi connectivity index (χ1) is 9.11. The standard InChI is InChI=1S/C15H17BrCl2S/c16-15-11(17)6-12(19-15)14(18)13-9-2-7-1-8(4-9)5-10(13)3-7/h6-10,13-14H,1-5H2. The van der Waals surface area contributed by atoms with Crippen molar-refractivity contribution < 1.29 is 0 Å². The molecule has 0 spiro atoms. The third-order valence-electron chi connectivity index (χ3n) is 5.57. The fourth-order valence-corrected chi connectivity index (χ4v) is 7.53. The summed E-state index contributed by atoms with van der Waals surface area (Å²) in [7, 11) is 0. The van der Waals surface area contributed by atoms with E-state index in [1.165, 1.54) is 37.0 Å². The summed E-state index contributed by atoms with van der Waals surface area (Å²) >= 11 is 18.3. The molecule has 4 saturated carbocycles. The second-order valence-corrected chi connectivity index (χ2v) is 9.96. The van der Waals surface area contributed by atoms with Crippen molar-refractivity contribution in [2.45, 2.75) is 37.5 Å². The number of alkyl halides is 1. The van der Waals surface area contributed by atoms with E-state index in [0.29, 0.717) is 5.92 Å². The first-order valence-electron chi connectivity index (χ1n) is 7.20. The fourth-order valence-electron chi connectivity index (χ4n) is 5.13. The first kappa shape index (κ1) is 13.4. The third kappa shape index (κ3) is 2.22. The topological polar surface area (TPSA) is 0 Å². The van der Waals surface area contributed by atoms with Crippen LogP contribution in [0.2, 0.25) is 5.02 Å². The number of halogens is 3. The fraction of sp³-hybridized carbons (Fsp3) is 0.733. The summed E-state index contributed by atoms with van der Waals surface area (Å²) in [5, 5.41) is 0.985. The summed E-state index contributed by atoms with van der Waals surface area (Å²) in [5.41, 5.74) is 0. The zero-order chi connectivity index (χ0) is 13.1. The lowest BCUT2D eigenvalue weighted by Gasteiger charge is -2.55. The summed E-state index contributed by atoms with van der Waals surface area (Å²) in [6, 6.07) is 2.07. The second kappa shape index (κ2) is 4.90. The SMILES string of the molecule is Clc1cc(C(Cl)C2C3CC4CC(C3)CC2C4)sc1Br. The molecule has 1 atom stereocenters. The molecule has 4 heteroatoms. The highest BCUT2D eigenvalue weighted by Gasteiger charge is 2.50. The van der Waals surface area contributed by atoms with E-state index in [-0.39, 0.29) is 5.38 Å². The summed E-state index contributed by atoms with van der Waals surface area (Å²) in [4.78, 5) is 1.26. The zero-order valence-corrected chi connectivity index (χ0v) is 14.5. The van der Waals surface area contributed by atoms with Crippen LogP contribution in [0.5, 0.6) is 0 Å². The van der Waals surface area contributed by atoms with Crippen LogP contribution >= 0.6 is 50.5 Å². The molecule has 4 bridgehead atoms. The van der Waals surface area contributed by atoms with Gasteiger partial charge in [0.1, 0.15) is 0 Å². The van der Waals surface area contributed by atoms with E-state index in [1.54, 1.807) is 11.3 Å². The van der Waals surface area contributed by atoms with Crippen LogP contribution in [0.3, 0.4) is 0 Å².